The average Bonchev–Trinajstić information content (AvgIpc) is 2.57. The van der Waals surface area contributed by atoms with Crippen molar-refractivity contribution < 1.29 is 4.79 Å². The maximum atomic E-state index is 12.2. The van der Waals surface area contributed by atoms with Crippen molar-refractivity contribution in [1.82, 2.24) is 4.98 Å². The van der Waals surface area contributed by atoms with Crippen LogP contribution in [0.2, 0.25) is 0 Å². The standard InChI is InChI=1S/C19H18N2O/c1-14-9-11-17(16-8-5-13-20-19(14)16)21-18(22)12-10-15-6-3-2-4-7-15/h2-9,11,13H,10,12H2,1H3,(H,21,22). The van der Waals surface area contributed by atoms with E-state index in [0.717, 1.165) is 28.6 Å². The van der Waals surface area contributed by atoms with Gasteiger partial charge < -0.3 is 5.32 Å². The van der Waals surface area contributed by atoms with Crippen LogP contribution in [0.3, 0.4) is 0 Å². The van der Waals surface area contributed by atoms with Crippen molar-refractivity contribution in [2.45, 2.75) is 19.8 Å². The summed E-state index contributed by atoms with van der Waals surface area (Å²) in [6.45, 7) is 2.02. The van der Waals surface area contributed by atoms with Crippen LogP contribution >= 0.6 is 0 Å². The van der Waals surface area contributed by atoms with Crippen LogP contribution in [0, 0.1) is 6.92 Å². The lowest BCUT2D eigenvalue weighted by atomic mass is 10.1. The number of aromatic nitrogens is 1. The van der Waals surface area contributed by atoms with E-state index < -0.39 is 0 Å². The normalized spacial score (nSPS) is 10.6. The first-order chi connectivity index (χ1) is 10.7. The number of anilines is 1. The number of rotatable bonds is 4. The molecule has 1 amide bonds. The molecule has 0 aliphatic rings. The second-order valence-electron chi connectivity index (χ2n) is 5.36. The van der Waals surface area contributed by atoms with E-state index in [1.54, 1.807) is 6.20 Å². The molecule has 3 nitrogen and oxygen atoms in total. The van der Waals surface area contributed by atoms with E-state index in [1.165, 1.54) is 5.56 Å². The Morgan fingerprint density at radius 1 is 1.05 bits per heavy atom. The first kappa shape index (κ1) is 14.3. The Morgan fingerprint density at radius 3 is 2.68 bits per heavy atom. The molecule has 0 radical (unpaired) electrons. The topological polar surface area (TPSA) is 42.0 Å². The molecule has 0 fully saturated rings. The third-order valence-corrected chi connectivity index (χ3v) is 3.73. The zero-order valence-electron chi connectivity index (χ0n) is 12.5. The van der Waals surface area contributed by atoms with E-state index >= 15 is 0 Å². The van der Waals surface area contributed by atoms with Crippen LogP contribution in [-0.4, -0.2) is 10.9 Å². The van der Waals surface area contributed by atoms with Crippen LogP contribution in [0.5, 0.6) is 0 Å². The van der Waals surface area contributed by atoms with Gasteiger partial charge >= 0.3 is 0 Å². The lowest BCUT2D eigenvalue weighted by Gasteiger charge is -2.10. The number of nitrogens with zero attached hydrogens (tertiary/aromatic N) is 1. The summed E-state index contributed by atoms with van der Waals surface area (Å²) in [4.78, 5) is 16.6. The highest BCUT2D eigenvalue weighted by Gasteiger charge is 2.08. The van der Waals surface area contributed by atoms with Gasteiger partial charge in [0.05, 0.1) is 11.2 Å². The Bertz CT molecular complexity index is 797. The van der Waals surface area contributed by atoms with Crippen LogP contribution < -0.4 is 5.32 Å². The van der Waals surface area contributed by atoms with Crippen molar-refractivity contribution >= 4 is 22.5 Å². The summed E-state index contributed by atoms with van der Waals surface area (Å²) < 4.78 is 0. The molecule has 22 heavy (non-hydrogen) atoms. The van der Waals surface area contributed by atoms with E-state index in [9.17, 15) is 4.79 Å². The number of hydrogen-bond donors (Lipinski definition) is 1. The summed E-state index contributed by atoms with van der Waals surface area (Å²) in [7, 11) is 0. The van der Waals surface area contributed by atoms with Gasteiger partial charge in [0.1, 0.15) is 0 Å². The second kappa shape index (κ2) is 6.39. The molecular weight excluding hydrogens is 272 g/mol. The number of hydrogen-bond acceptors (Lipinski definition) is 2. The third kappa shape index (κ3) is 3.14. The van der Waals surface area contributed by atoms with Crippen molar-refractivity contribution in [3.63, 3.8) is 0 Å². The smallest absolute Gasteiger partial charge is 0.224 e. The van der Waals surface area contributed by atoms with Gasteiger partial charge in [-0.05, 0) is 42.7 Å². The molecule has 0 aliphatic carbocycles. The van der Waals surface area contributed by atoms with Crippen molar-refractivity contribution in [3.05, 3.63) is 71.9 Å². The highest BCUT2D eigenvalue weighted by Crippen LogP contribution is 2.24. The summed E-state index contributed by atoms with van der Waals surface area (Å²) in [6, 6.07) is 17.9. The lowest BCUT2D eigenvalue weighted by molar-refractivity contribution is -0.116. The maximum Gasteiger partial charge on any atom is 0.224 e. The molecule has 110 valence electrons. The van der Waals surface area contributed by atoms with Crippen LogP contribution in [0.4, 0.5) is 5.69 Å². The molecule has 2 aromatic carbocycles. The van der Waals surface area contributed by atoms with E-state index in [0.29, 0.717) is 6.42 Å². The van der Waals surface area contributed by atoms with E-state index in [4.69, 9.17) is 0 Å². The fourth-order valence-electron chi connectivity index (χ4n) is 2.54. The Labute approximate surface area is 130 Å². The van der Waals surface area contributed by atoms with Gasteiger partial charge in [0.25, 0.3) is 0 Å². The fraction of sp³-hybridized carbons (Fsp3) is 0.158. The van der Waals surface area contributed by atoms with Gasteiger partial charge in [0, 0.05) is 18.0 Å². The van der Waals surface area contributed by atoms with Crippen molar-refractivity contribution in [2.75, 3.05) is 5.32 Å². The molecule has 0 unspecified atom stereocenters. The lowest BCUT2D eigenvalue weighted by Crippen LogP contribution is -2.12. The molecule has 0 bridgehead atoms. The van der Waals surface area contributed by atoms with E-state index in [2.05, 4.69) is 10.3 Å². The summed E-state index contributed by atoms with van der Waals surface area (Å²) >= 11 is 0. The maximum absolute atomic E-state index is 12.2. The fourth-order valence-corrected chi connectivity index (χ4v) is 2.54. The molecule has 0 saturated heterocycles. The number of aryl methyl sites for hydroxylation is 2. The molecule has 3 heteroatoms. The Balaban J connectivity index is 1.73. The summed E-state index contributed by atoms with van der Waals surface area (Å²) in [6.07, 6.45) is 2.99. The second-order valence-corrected chi connectivity index (χ2v) is 5.36. The number of nitrogens with one attached hydrogen (secondary N) is 1. The summed E-state index contributed by atoms with van der Waals surface area (Å²) in [5.41, 5.74) is 4.04. The highest BCUT2D eigenvalue weighted by molar-refractivity contribution is 6.01. The SMILES string of the molecule is Cc1ccc(NC(=O)CCc2ccccc2)c2cccnc12. The van der Waals surface area contributed by atoms with Gasteiger partial charge in [-0.1, -0.05) is 36.4 Å². The van der Waals surface area contributed by atoms with Crippen LogP contribution in [0.25, 0.3) is 10.9 Å². The quantitative estimate of drug-likeness (QED) is 0.785. The van der Waals surface area contributed by atoms with Gasteiger partial charge in [-0.3, -0.25) is 9.78 Å². The Hall–Kier alpha value is -2.68. The highest BCUT2D eigenvalue weighted by atomic mass is 16.1. The molecular formula is C19H18N2O. The average molecular weight is 290 g/mol. The summed E-state index contributed by atoms with van der Waals surface area (Å²) in [5, 5.41) is 3.99. The van der Waals surface area contributed by atoms with Gasteiger partial charge in [-0.25, -0.2) is 0 Å². The molecule has 1 N–H and O–H groups in total. The van der Waals surface area contributed by atoms with Crippen molar-refractivity contribution in [1.29, 1.82) is 0 Å². The molecule has 0 spiro atoms. The predicted molar refractivity (Wildman–Crippen MR) is 89.9 cm³/mol. The first-order valence-electron chi connectivity index (χ1n) is 7.42. The van der Waals surface area contributed by atoms with E-state index in [-0.39, 0.29) is 5.91 Å². The summed E-state index contributed by atoms with van der Waals surface area (Å²) in [5.74, 6) is 0.0258. The number of benzene rings is 2. The first-order valence-corrected chi connectivity index (χ1v) is 7.42. The molecule has 3 rings (SSSR count). The third-order valence-electron chi connectivity index (χ3n) is 3.73. The minimum absolute atomic E-state index is 0.0258. The number of fused-ring (bicyclic) bond motifs is 1. The minimum atomic E-state index is 0.0258. The van der Waals surface area contributed by atoms with Gasteiger partial charge in [0.15, 0.2) is 0 Å². The number of pyridine rings is 1. The molecule has 1 aromatic heterocycles. The zero-order chi connectivity index (χ0) is 15.4. The van der Waals surface area contributed by atoms with Crippen LogP contribution in [0.1, 0.15) is 17.5 Å². The number of carbonyl (C=O) groups is 1. The van der Waals surface area contributed by atoms with Gasteiger partial charge in [0.2, 0.25) is 5.91 Å². The largest absolute Gasteiger partial charge is 0.325 e. The minimum Gasteiger partial charge on any atom is -0.325 e. The van der Waals surface area contributed by atoms with Crippen LogP contribution in [-0.2, 0) is 11.2 Å². The van der Waals surface area contributed by atoms with Gasteiger partial charge in [-0.15, -0.1) is 0 Å². The molecule has 0 aliphatic heterocycles. The molecule has 0 saturated carbocycles. The van der Waals surface area contributed by atoms with Crippen molar-refractivity contribution in [3.8, 4) is 0 Å². The monoisotopic (exact) mass is 290 g/mol. The van der Waals surface area contributed by atoms with Crippen molar-refractivity contribution in [2.24, 2.45) is 0 Å². The predicted octanol–water partition coefficient (Wildman–Crippen LogP) is 4.11. The molecule has 1 heterocycles. The van der Waals surface area contributed by atoms with Gasteiger partial charge in [-0.2, -0.15) is 0 Å². The van der Waals surface area contributed by atoms with E-state index in [1.807, 2.05) is 61.5 Å². The number of amides is 1. The Morgan fingerprint density at radius 2 is 1.86 bits per heavy atom. The zero-order valence-corrected chi connectivity index (χ0v) is 12.5. The van der Waals surface area contributed by atoms with Crippen LogP contribution in [0.15, 0.2) is 60.8 Å². The Kier molecular flexibility index (Phi) is 4.15. The number of carbonyl (C=O) groups excluding carboxylic acids is 1. The molecule has 3 aromatic rings. The molecule has 0 atom stereocenters.